The van der Waals surface area contributed by atoms with E-state index in [1.54, 1.807) is 11.9 Å². The van der Waals surface area contributed by atoms with Gasteiger partial charge in [-0.3, -0.25) is 9.59 Å². The molecule has 1 aliphatic rings. The Bertz CT molecular complexity index is 578. The van der Waals surface area contributed by atoms with E-state index in [1.807, 2.05) is 38.1 Å². The van der Waals surface area contributed by atoms with Crippen LogP contribution in [0.4, 0.5) is 0 Å². The monoisotopic (exact) mass is 319 g/mol. The smallest absolute Gasteiger partial charge is 0.310 e. The predicted octanol–water partition coefficient (Wildman–Crippen LogP) is 3.08. The van der Waals surface area contributed by atoms with E-state index in [0.29, 0.717) is 19.4 Å². The lowest BCUT2D eigenvalue weighted by Gasteiger charge is -2.38. The Morgan fingerprint density at radius 2 is 2.04 bits per heavy atom. The third-order valence-corrected chi connectivity index (χ3v) is 4.37. The number of nitrogens with zero attached hydrogens (tertiary/aromatic N) is 1. The fourth-order valence-electron chi connectivity index (χ4n) is 2.85. The van der Waals surface area contributed by atoms with Gasteiger partial charge in [0.15, 0.2) is 0 Å². The van der Waals surface area contributed by atoms with E-state index in [9.17, 15) is 14.7 Å². The summed E-state index contributed by atoms with van der Waals surface area (Å²) < 4.78 is 5.65. The van der Waals surface area contributed by atoms with Crippen molar-refractivity contribution in [2.45, 2.75) is 52.2 Å². The van der Waals surface area contributed by atoms with Crippen LogP contribution in [-0.2, 0) is 16.1 Å². The van der Waals surface area contributed by atoms with Gasteiger partial charge >= 0.3 is 5.97 Å². The second-order valence-corrected chi connectivity index (χ2v) is 6.68. The standard InChI is InChI=1S/C18H25NO4/c1-13(2)23-15-7-4-6-14(10-15)12-19(3)16(20)11-18(17(21)22)8-5-9-18/h4,6-7,10,13H,5,8-9,11-12H2,1-3H3,(H,21,22). The molecule has 1 amide bonds. The van der Waals surface area contributed by atoms with E-state index in [-0.39, 0.29) is 18.4 Å². The number of carboxylic acid groups (broad SMARTS) is 1. The molecule has 1 saturated carbocycles. The summed E-state index contributed by atoms with van der Waals surface area (Å²) in [5.74, 6) is -0.195. The van der Waals surface area contributed by atoms with Gasteiger partial charge in [0.2, 0.25) is 5.91 Å². The number of rotatable bonds is 7. The zero-order chi connectivity index (χ0) is 17.0. The second kappa shape index (κ2) is 7.02. The highest BCUT2D eigenvalue weighted by atomic mass is 16.5. The first kappa shape index (κ1) is 17.3. The average molecular weight is 319 g/mol. The summed E-state index contributed by atoms with van der Waals surface area (Å²) in [6.07, 6.45) is 2.26. The summed E-state index contributed by atoms with van der Waals surface area (Å²) in [5, 5.41) is 9.34. The Morgan fingerprint density at radius 1 is 1.35 bits per heavy atom. The topological polar surface area (TPSA) is 66.8 Å². The highest BCUT2D eigenvalue weighted by Crippen LogP contribution is 2.44. The van der Waals surface area contributed by atoms with Gasteiger partial charge in [0.25, 0.3) is 0 Å². The maximum atomic E-state index is 12.4. The van der Waals surface area contributed by atoms with Gasteiger partial charge in [0, 0.05) is 20.0 Å². The van der Waals surface area contributed by atoms with E-state index in [4.69, 9.17) is 4.74 Å². The van der Waals surface area contributed by atoms with E-state index in [2.05, 4.69) is 0 Å². The number of benzene rings is 1. The average Bonchev–Trinajstić information content (AvgIpc) is 2.41. The predicted molar refractivity (Wildman–Crippen MR) is 87.2 cm³/mol. The molecule has 0 unspecified atom stereocenters. The maximum Gasteiger partial charge on any atom is 0.310 e. The van der Waals surface area contributed by atoms with Crippen molar-refractivity contribution in [3.8, 4) is 5.75 Å². The van der Waals surface area contributed by atoms with Crippen LogP contribution in [0, 0.1) is 5.41 Å². The maximum absolute atomic E-state index is 12.4. The second-order valence-electron chi connectivity index (χ2n) is 6.68. The van der Waals surface area contributed by atoms with Crippen molar-refractivity contribution in [2.24, 2.45) is 5.41 Å². The molecule has 0 bridgehead atoms. The Morgan fingerprint density at radius 3 is 2.57 bits per heavy atom. The van der Waals surface area contributed by atoms with Gasteiger partial charge in [-0.15, -0.1) is 0 Å². The Hall–Kier alpha value is -2.04. The van der Waals surface area contributed by atoms with Crippen LogP contribution in [0.25, 0.3) is 0 Å². The SMILES string of the molecule is CC(C)Oc1cccc(CN(C)C(=O)CC2(C(=O)O)CCC2)c1. The first-order valence-electron chi connectivity index (χ1n) is 8.05. The molecule has 0 atom stereocenters. The van der Waals surface area contributed by atoms with Crippen LogP contribution in [0.15, 0.2) is 24.3 Å². The van der Waals surface area contributed by atoms with E-state index in [0.717, 1.165) is 17.7 Å². The number of carbonyl (C=O) groups excluding carboxylic acids is 1. The quantitative estimate of drug-likeness (QED) is 0.838. The number of hydrogen-bond donors (Lipinski definition) is 1. The zero-order valence-electron chi connectivity index (χ0n) is 14.0. The molecule has 5 heteroatoms. The number of carboxylic acids is 1. The highest BCUT2D eigenvalue weighted by molar-refractivity contribution is 5.85. The normalized spacial score (nSPS) is 15.8. The molecule has 0 heterocycles. The van der Waals surface area contributed by atoms with E-state index < -0.39 is 11.4 Å². The molecular weight excluding hydrogens is 294 g/mol. The van der Waals surface area contributed by atoms with Crippen LogP contribution in [0.2, 0.25) is 0 Å². The molecule has 23 heavy (non-hydrogen) atoms. The third-order valence-electron chi connectivity index (χ3n) is 4.37. The molecule has 1 aromatic rings. The summed E-state index contributed by atoms with van der Waals surface area (Å²) in [7, 11) is 1.71. The molecule has 5 nitrogen and oxygen atoms in total. The number of aliphatic carboxylic acids is 1. The lowest BCUT2D eigenvalue weighted by atomic mass is 9.66. The van der Waals surface area contributed by atoms with Gasteiger partial charge in [-0.1, -0.05) is 18.6 Å². The molecular formula is C18H25NO4. The van der Waals surface area contributed by atoms with Crippen LogP contribution < -0.4 is 4.74 Å². The summed E-state index contributed by atoms with van der Waals surface area (Å²) in [5.41, 5.74) is 0.130. The van der Waals surface area contributed by atoms with Crippen molar-refractivity contribution in [2.75, 3.05) is 7.05 Å². The third kappa shape index (κ3) is 4.24. The summed E-state index contributed by atoms with van der Waals surface area (Å²) in [6, 6.07) is 7.64. The molecule has 0 spiro atoms. The van der Waals surface area contributed by atoms with Crippen LogP contribution in [0.5, 0.6) is 5.75 Å². The Balaban J connectivity index is 1.97. The van der Waals surface area contributed by atoms with E-state index in [1.165, 1.54) is 0 Å². The largest absolute Gasteiger partial charge is 0.491 e. The molecule has 1 aromatic carbocycles. The minimum absolute atomic E-state index is 0.0843. The van der Waals surface area contributed by atoms with E-state index >= 15 is 0 Å². The molecule has 0 aromatic heterocycles. The molecule has 2 rings (SSSR count). The lowest BCUT2D eigenvalue weighted by molar-refractivity contribution is -0.159. The van der Waals surface area contributed by atoms with Crippen LogP contribution in [0.1, 0.15) is 45.1 Å². The zero-order valence-corrected chi connectivity index (χ0v) is 14.0. The van der Waals surface area contributed by atoms with Gasteiger partial charge in [-0.05, 0) is 44.4 Å². The minimum atomic E-state index is -0.849. The van der Waals surface area contributed by atoms with Crippen molar-refractivity contribution >= 4 is 11.9 Å². The summed E-state index contributed by atoms with van der Waals surface area (Å²) in [6.45, 7) is 4.38. The molecule has 1 N–H and O–H groups in total. The fraction of sp³-hybridized carbons (Fsp3) is 0.556. The minimum Gasteiger partial charge on any atom is -0.491 e. The van der Waals surface area contributed by atoms with Crippen LogP contribution in [0.3, 0.4) is 0 Å². The highest BCUT2D eigenvalue weighted by Gasteiger charge is 2.46. The van der Waals surface area contributed by atoms with Crippen LogP contribution in [-0.4, -0.2) is 35.0 Å². The molecule has 0 radical (unpaired) electrons. The molecule has 0 saturated heterocycles. The van der Waals surface area contributed by atoms with Crippen molar-refractivity contribution in [3.05, 3.63) is 29.8 Å². The number of hydrogen-bond acceptors (Lipinski definition) is 3. The molecule has 0 aliphatic heterocycles. The van der Waals surface area contributed by atoms with Crippen molar-refractivity contribution in [1.82, 2.24) is 4.90 Å². The summed E-state index contributed by atoms with van der Waals surface area (Å²) in [4.78, 5) is 25.3. The number of carbonyl (C=O) groups is 2. The fourth-order valence-corrected chi connectivity index (χ4v) is 2.85. The van der Waals surface area contributed by atoms with Crippen molar-refractivity contribution in [1.29, 1.82) is 0 Å². The number of amides is 1. The lowest BCUT2D eigenvalue weighted by Crippen LogP contribution is -2.42. The number of ether oxygens (including phenoxy) is 1. The van der Waals surface area contributed by atoms with Gasteiger partial charge in [0.05, 0.1) is 11.5 Å². The van der Waals surface area contributed by atoms with Crippen LogP contribution >= 0.6 is 0 Å². The van der Waals surface area contributed by atoms with Crippen molar-refractivity contribution < 1.29 is 19.4 Å². The van der Waals surface area contributed by atoms with Gasteiger partial charge < -0.3 is 14.7 Å². The first-order valence-corrected chi connectivity index (χ1v) is 8.05. The van der Waals surface area contributed by atoms with Gasteiger partial charge in [0.1, 0.15) is 5.75 Å². The van der Waals surface area contributed by atoms with Gasteiger partial charge in [-0.2, -0.15) is 0 Å². The van der Waals surface area contributed by atoms with Gasteiger partial charge in [-0.25, -0.2) is 0 Å². The Labute approximate surface area is 137 Å². The summed E-state index contributed by atoms with van der Waals surface area (Å²) >= 11 is 0. The van der Waals surface area contributed by atoms with Crippen molar-refractivity contribution in [3.63, 3.8) is 0 Å². The Kier molecular flexibility index (Phi) is 5.29. The molecule has 1 aliphatic carbocycles. The molecule has 1 fully saturated rings. The molecule has 126 valence electrons. The first-order chi connectivity index (χ1) is 10.8.